The molecule has 2 atom stereocenters. The van der Waals surface area contributed by atoms with Crippen molar-refractivity contribution in [2.75, 3.05) is 44.4 Å². The summed E-state index contributed by atoms with van der Waals surface area (Å²) in [5.74, 6) is -0.469. The third-order valence-electron chi connectivity index (χ3n) is 6.47. The van der Waals surface area contributed by atoms with Gasteiger partial charge in [0.15, 0.2) is 0 Å². The van der Waals surface area contributed by atoms with E-state index in [0.717, 1.165) is 11.1 Å². The second kappa shape index (κ2) is 9.07. The van der Waals surface area contributed by atoms with E-state index in [-0.39, 0.29) is 17.8 Å². The van der Waals surface area contributed by atoms with Crippen LogP contribution in [-0.2, 0) is 9.53 Å². The van der Waals surface area contributed by atoms with Crippen molar-refractivity contribution in [1.82, 2.24) is 15.1 Å². The monoisotopic (exact) mass is 466 g/mol. The largest absolute Gasteiger partial charge is 0.378 e. The number of anilines is 1. The third kappa shape index (κ3) is 4.18. The Morgan fingerprint density at radius 1 is 1.06 bits per heavy atom. The van der Waals surface area contributed by atoms with Crippen LogP contribution in [0.25, 0.3) is 11.1 Å². The van der Waals surface area contributed by atoms with Gasteiger partial charge in [-0.3, -0.25) is 9.59 Å². The van der Waals surface area contributed by atoms with Crippen LogP contribution in [0.4, 0.5) is 10.5 Å². The van der Waals surface area contributed by atoms with Gasteiger partial charge in [0, 0.05) is 24.5 Å². The molecule has 5 rings (SSSR count). The molecule has 3 aliphatic rings. The summed E-state index contributed by atoms with van der Waals surface area (Å²) < 4.78 is 5.30. The van der Waals surface area contributed by atoms with Gasteiger partial charge in [0.05, 0.1) is 30.5 Å². The first kappa shape index (κ1) is 21.8. The highest BCUT2D eigenvalue weighted by atomic mass is 32.2. The fourth-order valence-corrected chi connectivity index (χ4v) is 5.07. The number of ether oxygens (including phenoxy) is 1. The zero-order chi connectivity index (χ0) is 22.9. The fourth-order valence-electron chi connectivity index (χ4n) is 4.67. The quantitative estimate of drug-likeness (QED) is 0.679. The lowest BCUT2D eigenvalue weighted by molar-refractivity contribution is -0.120. The Morgan fingerprint density at radius 3 is 2.52 bits per heavy atom. The molecule has 0 saturated carbocycles. The number of carbonyl (C=O) groups excluding carboxylic acids is 3. The van der Waals surface area contributed by atoms with Crippen molar-refractivity contribution < 1.29 is 19.1 Å². The van der Waals surface area contributed by atoms with Crippen molar-refractivity contribution in [1.29, 1.82) is 0 Å². The normalized spacial score (nSPS) is 22.3. The number of urea groups is 1. The van der Waals surface area contributed by atoms with Gasteiger partial charge in [0.2, 0.25) is 5.91 Å². The van der Waals surface area contributed by atoms with Crippen LogP contribution in [0.5, 0.6) is 0 Å². The second-order valence-electron chi connectivity index (χ2n) is 8.37. The third-order valence-corrected chi connectivity index (χ3v) is 7.21. The molecule has 3 aliphatic heterocycles. The predicted octanol–water partition coefficient (Wildman–Crippen LogP) is 2.65. The van der Waals surface area contributed by atoms with Crippen molar-refractivity contribution in [3.8, 4) is 11.1 Å². The van der Waals surface area contributed by atoms with Crippen LogP contribution in [0.1, 0.15) is 16.8 Å². The summed E-state index contributed by atoms with van der Waals surface area (Å²) >= 11 is 1.68. The number of thioether (sulfide) groups is 1. The Morgan fingerprint density at radius 2 is 1.79 bits per heavy atom. The highest BCUT2D eigenvalue weighted by Gasteiger charge is 2.45. The number of benzene rings is 2. The van der Waals surface area contributed by atoms with Crippen molar-refractivity contribution >= 4 is 35.3 Å². The van der Waals surface area contributed by atoms with Crippen molar-refractivity contribution in [3.63, 3.8) is 0 Å². The molecule has 2 fully saturated rings. The molecule has 0 aromatic heterocycles. The van der Waals surface area contributed by atoms with Gasteiger partial charge in [0.1, 0.15) is 6.04 Å². The molecule has 0 aliphatic carbocycles. The summed E-state index contributed by atoms with van der Waals surface area (Å²) in [5, 5.41) is 5.89. The van der Waals surface area contributed by atoms with E-state index >= 15 is 0 Å². The maximum atomic E-state index is 13.5. The van der Waals surface area contributed by atoms with E-state index in [2.05, 4.69) is 10.6 Å². The number of hydrogen-bond donors (Lipinski definition) is 2. The smallest absolute Gasteiger partial charge is 0.317 e. The maximum absolute atomic E-state index is 13.5. The topological polar surface area (TPSA) is 91.0 Å². The number of morpholine rings is 1. The second-order valence-corrected chi connectivity index (χ2v) is 9.25. The molecule has 0 spiro atoms. The average molecular weight is 467 g/mol. The summed E-state index contributed by atoms with van der Waals surface area (Å²) in [6.07, 6.45) is 2.56. The number of amides is 4. The van der Waals surface area contributed by atoms with Crippen LogP contribution >= 0.6 is 11.8 Å². The molecule has 0 unspecified atom stereocenters. The van der Waals surface area contributed by atoms with E-state index < -0.39 is 12.1 Å². The summed E-state index contributed by atoms with van der Waals surface area (Å²) in [6, 6.07) is 12.3. The maximum Gasteiger partial charge on any atom is 0.317 e. The van der Waals surface area contributed by atoms with E-state index in [9.17, 15) is 14.4 Å². The van der Waals surface area contributed by atoms with Crippen LogP contribution < -0.4 is 10.6 Å². The van der Waals surface area contributed by atoms with Crippen LogP contribution in [0.15, 0.2) is 47.4 Å². The minimum absolute atomic E-state index is 0.195. The van der Waals surface area contributed by atoms with Gasteiger partial charge in [-0.15, -0.1) is 11.8 Å². The number of rotatable bonds is 3. The van der Waals surface area contributed by atoms with Crippen LogP contribution in [-0.4, -0.2) is 78.8 Å². The lowest BCUT2D eigenvalue weighted by atomic mass is 10.0. The predicted molar refractivity (Wildman–Crippen MR) is 126 cm³/mol. The summed E-state index contributed by atoms with van der Waals surface area (Å²) in [6.45, 7) is 2.46. The Bertz CT molecular complexity index is 1080. The van der Waals surface area contributed by atoms with E-state index in [0.29, 0.717) is 50.5 Å². The molecule has 2 N–H and O–H groups in total. The molecule has 2 saturated heterocycles. The first-order chi connectivity index (χ1) is 16.0. The van der Waals surface area contributed by atoms with Crippen LogP contribution in [0.2, 0.25) is 0 Å². The van der Waals surface area contributed by atoms with E-state index in [1.54, 1.807) is 27.6 Å². The van der Waals surface area contributed by atoms with Gasteiger partial charge < -0.3 is 25.2 Å². The molecular weight excluding hydrogens is 440 g/mol. The molecule has 2 aromatic carbocycles. The Hall–Kier alpha value is -3.04. The summed E-state index contributed by atoms with van der Waals surface area (Å²) in [7, 11) is 0. The van der Waals surface area contributed by atoms with Crippen LogP contribution in [0.3, 0.4) is 0 Å². The lowest BCUT2D eigenvalue weighted by Gasteiger charge is -2.30. The van der Waals surface area contributed by atoms with E-state index in [1.165, 1.54) is 4.90 Å². The highest BCUT2D eigenvalue weighted by molar-refractivity contribution is 7.98. The standard InChI is InChI=1S/C24H26N4O4S/c1-33-17-5-2-15(3-6-17)16-4-7-19-18(14-16)23(30)28-9-8-20(21(28)22(29)25-19)26-24(31)27-10-12-32-13-11-27/h2-7,14,20-21H,8-13H2,1H3,(H,25,29)(H,26,31)/t20-,21-/m0/s1. The number of carbonyl (C=O) groups is 3. The average Bonchev–Trinajstić information content (AvgIpc) is 3.23. The van der Waals surface area contributed by atoms with Crippen LogP contribution in [0, 0.1) is 0 Å². The van der Waals surface area contributed by atoms with Crippen molar-refractivity contribution in [3.05, 3.63) is 48.0 Å². The minimum Gasteiger partial charge on any atom is -0.378 e. The molecule has 0 bridgehead atoms. The van der Waals surface area contributed by atoms with E-state index in [4.69, 9.17) is 4.74 Å². The lowest BCUT2D eigenvalue weighted by Crippen LogP contribution is -2.55. The van der Waals surface area contributed by atoms with Gasteiger partial charge in [-0.25, -0.2) is 4.79 Å². The molecule has 2 aromatic rings. The highest BCUT2D eigenvalue weighted by Crippen LogP contribution is 2.33. The molecule has 33 heavy (non-hydrogen) atoms. The first-order valence-electron chi connectivity index (χ1n) is 11.1. The van der Waals surface area contributed by atoms with Gasteiger partial charge in [-0.2, -0.15) is 0 Å². The van der Waals surface area contributed by atoms with Gasteiger partial charge in [-0.05, 0) is 48.1 Å². The molecule has 8 nitrogen and oxygen atoms in total. The number of nitrogens with zero attached hydrogens (tertiary/aromatic N) is 2. The molecular formula is C24H26N4O4S. The molecule has 0 radical (unpaired) electrons. The van der Waals surface area contributed by atoms with Gasteiger partial charge >= 0.3 is 6.03 Å². The zero-order valence-corrected chi connectivity index (χ0v) is 19.2. The van der Waals surface area contributed by atoms with Crippen molar-refractivity contribution in [2.45, 2.75) is 23.4 Å². The van der Waals surface area contributed by atoms with Gasteiger partial charge in [0.25, 0.3) is 5.91 Å². The SMILES string of the molecule is CSc1ccc(-c2ccc3c(c2)C(=O)N2CC[C@H](NC(=O)N4CCOCC4)[C@H]2C(=O)N3)cc1. The summed E-state index contributed by atoms with van der Waals surface area (Å²) in [5.41, 5.74) is 2.89. The van der Waals surface area contributed by atoms with Crippen molar-refractivity contribution in [2.24, 2.45) is 0 Å². The Labute approximate surface area is 196 Å². The number of hydrogen-bond acceptors (Lipinski definition) is 5. The van der Waals surface area contributed by atoms with E-state index in [1.807, 2.05) is 42.7 Å². The fraction of sp³-hybridized carbons (Fsp3) is 0.375. The molecule has 172 valence electrons. The Kier molecular flexibility index (Phi) is 5.99. The molecule has 4 amide bonds. The number of fused-ring (bicyclic) bond motifs is 2. The number of nitrogens with one attached hydrogen (secondary N) is 2. The van der Waals surface area contributed by atoms with Gasteiger partial charge in [-0.1, -0.05) is 18.2 Å². The minimum atomic E-state index is -0.737. The summed E-state index contributed by atoms with van der Waals surface area (Å²) in [4.78, 5) is 43.7. The zero-order valence-electron chi connectivity index (χ0n) is 18.4. The molecule has 9 heteroatoms. The first-order valence-corrected chi connectivity index (χ1v) is 12.3. The Balaban J connectivity index is 1.38. The molecule has 3 heterocycles.